The minimum absolute atomic E-state index is 0.00175. The summed E-state index contributed by atoms with van der Waals surface area (Å²) in [6, 6.07) is 21.4. The molecule has 0 aliphatic rings. The van der Waals surface area contributed by atoms with Crippen molar-refractivity contribution in [1.29, 1.82) is 0 Å². The van der Waals surface area contributed by atoms with Crippen LogP contribution in [-0.4, -0.2) is 34.9 Å². The SMILES string of the molecule is CN(C)C(=O)c1ccc(-c2ccc(-c3nc4cc(Cl)ccc4[nH]3)cc2)cc1. The van der Waals surface area contributed by atoms with Crippen molar-refractivity contribution in [1.82, 2.24) is 14.9 Å². The molecular weight excluding hydrogens is 358 g/mol. The van der Waals surface area contributed by atoms with E-state index < -0.39 is 0 Å². The third-order valence-corrected chi connectivity index (χ3v) is 4.71. The van der Waals surface area contributed by atoms with Crippen molar-refractivity contribution in [2.75, 3.05) is 14.1 Å². The highest BCUT2D eigenvalue weighted by atomic mass is 35.5. The zero-order valence-electron chi connectivity index (χ0n) is 15.0. The van der Waals surface area contributed by atoms with Crippen LogP contribution in [0, 0.1) is 0 Å². The first-order chi connectivity index (χ1) is 13.0. The van der Waals surface area contributed by atoms with Crippen molar-refractivity contribution in [3.63, 3.8) is 0 Å². The molecule has 4 nitrogen and oxygen atoms in total. The molecular formula is C22H18ClN3O. The predicted octanol–water partition coefficient (Wildman–Crippen LogP) is 5.25. The summed E-state index contributed by atoms with van der Waals surface area (Å²) < 4.78 is 0. The minimum Gasteiger partial charge on any atom is -0.345 e. The Balaban J connectivity index is 1.60. The van der Waals surface area contributed by atoms with Crippen LogP contribution in [0.2, 0.25) is 5.02 Å². The van der Waals surface area contributed by atoms with Crippen LogP contribution in [0.3, 0.4) is 0 Å². The van der Waals surface area contributed by atoms with Crippen LogP contribution in [0.25, 0.3) is 33.5 Å². The molecule has 1 N–H and O–H groups in total. The lowest BCUT2D eigenvalue weighted by molar-refractivity contribution is 0.0827. The van der Waals surface area contributed by atoms with Crippen molar-refractivity contribution in [3.05, 3.63) is 77.3 Å². The van der Waals surface area contributed by atoms with Crippen molar-refractivity contribution in [2.45, 2.75) is 0 Å². The molecule has 0 spiro atoms. The number of hydrogen-bond donors (Lipinski definition) is 1. The Labute approximate surface area is 162 Å². The fraction of sp³-hybridized carbons (Fsp3) is 0.0909. The summed E-state index contributed by atoms with van der Waals surface area (Å²) in [5.74, 6) is 0.813. The number of imidazole rings is 1. The van der Waals surface area contributed by atoms with E-state index in [4.69, 9.17) is 11.6 Å². The molecule has 0 aliphatic carbocycles. The maximum absolute atomic E-state index is 12.0. The molecule has 5 heteroatoms. The average Bonchev–Trinajstić information content (AvgIpc) is 3.11. The molecule has 134 valence electrons. The van der Waals surface area contributed by atoms with E-state index in [0.717, 1.165) is 33.5 Å². The highest BCUT2D eigenvalue weighted by Crippen LogP contribution is 2.26. The summed E-state index contributed by atoms with van der Waals surface area (Å²) in [6.07, 6.45) is 0. The molecule has 3 aromatic carbocycles. The van der Waals surface area contributed by atoms with E-state index in [1.54, 1.807) is 19.0 Å². The molecule has 0 radical (unpaired) electrons. The van der Waals surface area contributed by atoms with E-state index in [1.165, 1.54) is 0 Å². The van der Waals surface area contributed by atoms with Crippen molar-refractivity contribution >= 4 is 28.5 Å². The lowest BCUT2D eigenvalue weighted by Crippen LogP contribution is -2.21. The number of amides is 1. The van der Waals surface area contributed by atoms with Crippen molar-refractivity contribution in [2.24, 2.45) is 0 Å². The molecule has 4 aromatic rings. The first kappa shape index (κ1) is 17.3. The van der Waals surface area contributed by atoms with Crippen LogP contribution in [0.5, 0.6) is 0 Å². The quantitative estimate of drug-likeness (QED) is 0.531. The average molecular weight is 376 g/mol. The zero-order valence-corrected chi connectivity index (χ0v) is 15.8. The molecule has 1 amide bonds. The van der Waals surface area contributed by atoms with Gasteiger partial charge in [-0.05, 0) is 41.5 Å². The van der Waals surface area contributed by atoms with Crippen LogP contribution in [0.4, 0.5) is 0 Å². The smallest absolute Gasteiger partial charge is 0.253 e. The highest BCUT2D eigenvalue weighted by Gasteiger charge is 2.09. The van der Waals surface area contributed by atoms with Crippen LogP contribution < -0.4 is 0 Å². The second-order valence-electron chi connectivity index (χ2n) is 6.60. The second-order valence-corrected chi connectivity index (χ2v) is 7.04. The number of benzene rings is 3. The third kappa shape index (κ3) is 3.44. The lowest BCUT2D eigenvalue weighted by atomic mass is 10.0. The molecule has 1 heterocycles. The first-order valence-electron chi connectivity index (χ1n) is 8.59. The predicted molar refractivity (Wildman–Crippen MR) is 110 cm³/mol. The zero-order chi connectivity index (χ0) is 19.0. The fourth-order valence-electron chi connectivity index (χ4n) is 3.00. The van der Waals surface area contributed by atoms with Gasteiger partial charge in [0.15, 0.2) is 0 Å². The lowest BCUT2D eigenvalue weighted by Gasteiger charge is -2.10. The monoisotopic (exact) mass is 375 g/mol. The number of fused-ring (bicyclic) bond motifs is 1. The van der Waals surface area contributed by atoms with Gasteiger partial charge in [-0.15, -0.1) is 0 Å². The van der Waals surface area contributed by atoms with Crippen molar-refractivity contribution < 1.29 is 4.79 Å². The number of rotatable bonds is 3. The van der Waals surface area contributed by atoms with Gasteiger partial charge in [0.1, 0.15) is 5.82 Å². The normalized spacial score (nSPS) is 10.9. The molecule has 0 saturated carbocycles. The number of halogens is 1. The van der Waals surface area contributed by atoms with Crippen LogP contribution in [0.1, 0.15) is 10.4 Å². The molecule has 27 heavy (non-hydrogen) atoms. The van der Waals surface area contributed by atoms with Gasteiger partial charge in [0.05, 0.1) is 11.0 Å². The molecule has 0 aliphatic heterocycles. The summed E-state index contributed by atoms with van der Waals surface area (Å²) in [5, 5.41) is 0.673. The van der Waals surface area contributed by atoms with E-state index >= 15 is 0 Å². The third-order valence-electron chi connectivity index (χ3n) is 4.47. The van der Waals surface area contributed by atoms with Crippen LogP contribution in [-0.2, 0) is 0 Å². The molecule has 0 atom stereocenters. The van der Waals surface area contributed by atoms with Gasteiger partial charge in [-0.25, -0.2) is 4.98 Å². The fourth-order valence-corrected chi connectivity index (χ4v) is 3.17. The van der Waals surface area contributed by atoms with Crippen LogP contribution >= 0.6 is 11.6 Å². The molecule has 1 aromatic heterocycles. The van der Waals surface area contributed by atoms with Gasteiger partial charge >= 0.3 is 0 Å². The highest BCUT2D eigenvalue weighted by molar-refractivity contribution is 6.31. The largest absolute Gasteiger partial charge is 0.345 e. The van der Waals surface area contributed by atoms with Crippen molar-refractivity contribution in [3.8, 4) is 22.5 Å². The summed E-state index contributed by atoms with van der Waals surface area (Å²) in [4.78, 5) is 21.5. The van der Waals surface area contributed by atoms with E-state index in [9.17, 15) is 4.79 Å². The number of carbonyl (C=O) groups excluding carboxylic acids is 1. The molecule has 0 saturated heterocycles. The number of nitrogens with zero attached hydrogens (tertiary/aromatic N) is 2. The second kappa shape index (κ2) is 6.89. The Hall–Kier alpha value is -3.11. The molecule has 4 rings (SSSR count). The summed E-state index contributed by atoms with van der Waals surface area (Å²) in [6.45, 7) is 0. The van der Waals surface area contributed by atoms with E-state index in [0.29, 0.717) is 10.6 Å². The van der Waals surface area contributed by atoms with Gasteiger partial charge in [0.2, 0.25) is 0 Å². The van der Waals surface area contributed by atoms with E-state index in [-0.39, 0.29) is 5.91 Å². The number of hydrogen-bond acceptors (Lipinski definition) is 2. The number of carbonyl (C=O) groups is 1. The van der Waals surface area contributed by atoms with Crippen LogP contribution in [0.15, 0.2) is 66.7 Å². The Morgan fingerprint density at radius 2 is 1.48 bits per heavy atom. The van der Waals surface area contributed by atoms with E-state index in [1.807, 2.05) is 54.6 Å². The standard InChI is InChI=1S/C22H18ClN3O/c1-26(2)22(27)17-9-5-15(6-10-17)14-3-7-16(8-4-14)21-24-19-12-11-18(23)13-20(19)25-21/h3-13H,1-2H3,(H,24,25). The minimum atomic E-state index is 0.00175. The van der Waals surface area contributed by atoms with Gasteiger partial charge < -0.3 is 9.88 Å². The van der Waals surface area contributed by atoms with Gasteiger partial charge in [0, 0.05) is 30.2 Å². The Morgan fingerprint density at radius 1 is 0.889 bits per heavy atom. The number of aromatic nitrogens is 2. The summed E-state index contributed by atoms with van der Waals surface area (Å²) in [7, 11) is 3.50. The number of aromatic amines is 1. The Morgan fingerprint density at radius 3 is 2.11 bits per heavy atom. The number of nitrogens with one attached hydrogen (secondary N) is 1. The molecule has 0 fully saturated rings. The Kier molecular flexibility index (Phi) is 4.42. The maximum atomic E-state index is 12.0. The first-order valence-corrected chi connectivity index (χ1v) is 8.97. The topological polar surface area (TPSA) is 49.0 Å². The molecule has 0 bridgehead atoms. The summed E-state index contributed by atoms with van der Waals surface area (Å²) >= 11 is 6.03. The van der Waals surface area contributed by atoms with Gasteiger partial charge in [0.25, 0.3) is 5.91 Å². The number of H-pyrrole nitrogens is 1. The maximum Gasteiger partial charge on any atom is 0.253 e. The summed E-state index contributed by atoms with van der Waals surface area (Å²) in [5.41, 5.74) is 5.64. The van der Waals surface area contributed by atoms with Gasteiger partial charge in [-0.1, -0.05) is 48.0 Å². The molecule has 0 unspecified atom stereocenters. The van der Waals surface area contributed by atoms with Gasteiger partial charge in [-0.3, -0.25) is 4.79 Å². The van der Waals surface area contributed by atoms with Gasteiger partial charge in [-0.2, -0.15) is 0 Å². The van der Waals surface area contributed by atoms with E-state index in [2.05, 4.69) is 22.1 Å². The Bertz CT molecular complexity index is 1110.